The van der Waals surface area contributed by atoms with Crippen LogP contribution in [0.4, 0.5) is 11.5 Å². The summed E-state index contributed by atoms with van der Waals surface area (Å²) in [6.07, 6.45) is 0.977. The number of nitrogens with two attached hydrogens (primary N) is 1. The van der Waals surface area contributed by atoms with Crippen LogP contribution in [0, 0.1) is 5.41 Å². The number of hydrogen-bond donors (Lipinski definition) is 3. The lowest BCUT2D eigenvalue weighted by molar-refractivity contribution is 0.377. The van der Waals surface area contributed by atoms with E-state index in [2.05, 4.69) is 31.1 Å². The SMILES string of the molecule is CCn1c(N)c(NCC(C)(C)CC)c(=O)[nH]c1=O. The topological polar surface area (TPSA) is 92.9 Å². The first kappa shape index (κ1) is 14.3. The molecule has 0 aliphatic heterocycles. The Kier molecular flexibility index (Phi) is 4.21. The molecule has 6 nitrogen and oxygen atoms in total. The van der Waals surface area contributed by atoms with Crippen molar-refractivity contribution in [3.8, 4) is 0 Å². The molecule has 102 valence electrons. The number of H-pyrrole nitrogens is 1. The van der Waals surface area contributed by atoms with Gasteiger partial charge in [0.25, 0.3) is 5.56 Å². The summed E-state index contributed by atoms with van der Waals surface area (Å²) in [5, 5.41) is 3.05. The second kappa shape index (κ2) is 5.29. The van der Waals surface area contributed by atoms with E-state index in [1.54, 1.807) is 6.92 Å². The van der Waals surface area contributed by atoms with Crippen LogP contribution in [0.25, 0.3) is 0 Å². The Morgan fingerprint density at radius 1 is 1.33 bits per heavy atom. The molecule has 1 aromatic heterocycles. The highest BCUT2D eigenvalue weighted by molar-refractivity contribution is 5.60. The first-order valence-corrected chi connectivity index (χ1v) is 6.19. The molecule has 1 rings (SSSR count). The zero-order valence-electron chi connectivity index (χ0n) is 11.5. The van der Waals surface area contributed by atoms with Crippen LogP contribution < -0.4 is 22.3 Å². The van der Waals surface area contributed by atoms with E-state index < -0.39 is 11.2 Å². The number of nitrogens with zero attached hydrogens (tertiary/aromatic N) is 1. The molecule has 0 saturated carbocycles. The molecule has 1 aromatic rings. The smallest absolute Gasteiger partial charge is 0.330 e. The van der Waals surface area contributed by atoms with Crippen molar-refractivity contribution in [3.63, 3.8) is 0 Å². The van der Waals surface area contributed by atoms with Gasteiger partial charge in [0.05, 0.1) is 0 Å². The summed E-state index contributed by atoms with van der Waals surface area (Å²) in [5.41, 5.74) is 5.25. The molecule has 0 aliphatic carbocycles. The monoisotopic (exact) mass is 254 g/mol. The molecular weight excluding hydrogens is 232 g/mol. The normalized spacial score (nSPS) is 11.6. The van der Waals surface area contributed by atoms with Gasteiger partial charge in [0, 0.05) is 13.1 Å². The molecule has 0 atom stereocenters. The van der Waals surface area contributed by atoms with Crippen LogP contribution in [0.1, 0.15) is 34.1 Å². The second-order valence-electron chi connectivity index (χ2n) is 5.14. The molecular formula is C12H22N4O2. The van der Waals surface area contributed by atoms with Crippen molar-refractivity contribution in [2.24, 2.45) is 5.41 Å². The molecule has 6 heteroatoms. The van der Waals surface area contributed by atoms with E-state index in [1.165, 1.54) is 4.57 Å². The Balaban J connectivity index is 3.11. The molecule has 18 heavy (non-hydrogen) atoms. The van der Waals surface area contributed by atoms with Gasteiger partial charge < -0.3 is 11.1 Å². The second-order valence-corrected chi connectivity index (χ2v) is 5.14. The molecule has 0 aliphatic rings. The Bertz CT molecular complexity index is 528. The highest BCUT2D eigenvalue weighted by Gasteiger charge is 2.17. The summed E-state index contributed by atoms with van der Waals surface area (Å²) in [6, 6.07) is 0. The van der Waals surface area contributed by atoms with Crippen molar-refractivity contribution < 1.29 is 0 Å². The number of nitrogens with one attached hydrogen (secondary N) is 2. The van der Waals surface area contributed by atoms with Crippen molar-refractivity contribution >= 4 is 11.5 Å². The van der Waals surface area contributed by atoms with E-state index in [0.717, 1.165) is 6.42 Å². The maximum atomic E-state index is 11.7. The van der Waals surface area contributed by atoms with Crippen LogP contribution in [-0.4, -0.2) is 16.1 Å². The third-order valence-electron chi connectivity index (χ3n) is 3.26. The Hall–Kier alpha value is -1.72. The molecule has 0 unspecified atom stereocenters. The van der Waals surface area contributed by atoms with Gasteiger partial charge in [-0.1, -0.05) is 20.8 Å². The third kappa shape index (κ3) is 2.94. The van der Waals surface area contributed by atoms with Crippen LogP contribution in [0.15, 0.2) is 9.59 Å². The summed E-state index contributed by atoms with van der Waals surface area (Å²) in [6.45, 7) is 9.13. The number of hydrogen-bond acceptors (Lipinski definition) is 4. The minimum atomic E-state index is -0.472. The minimum absolute atomic E-state index is 0.0616. The zero-order valence-corrected chi connectivity index (χ0v) is 11.5. The van der Waals surface area contributed by atoms with Crippen molar-refractivity contribution in [1.29, 1.82) is 0 Å². The summed E-state index contributed by atoms with van der Waals surface area (Å²) >= 11 is 0. The van der Waals surface area contributed by atoms with E-state index in [4.69, 9.17) is 5.73 Å². The fourth-order valence-corrected chi connectivity index (χ4v) is 1.53. The van der Waals surface area contributed by atoms with Crippen LogP contribution in [-0.2, 0) is 6.54 Å². The average Bonchev–Trinajstić information content (AvgIpc) is 2.28. The van der Waals surface area contributed by atoms with E-state index in [0.29, 0.717) is 13.1 Å². The van der Waals surface area contributed by atoms with Gasteiger partial charge in [-0.15, -0.1) is 0 Å². The molecule has 1 heterocycles. The molecule has 4 N–H and O–H groups in total. The van der Waals surface area contributed by atoms with Crippen molar-refractivity contribution in [1.82, 2.24) is 9.55 Å². The molecule has 0 bridgehead atoms. The minimum Gasteiger partial charge on any atom is -0.383 e. The summed E-state index contributed by atoms with van der Waals surface area (Å²) in [5.74, 6) is 0.193. The quantitative estimate of drug-likeness (QED) is 0.730. The van der Waals surface area contributed by atoms with Crippen LogP contribution in [0.3, 0.4) is 0 Å². The number of anilines is 2. The van der Waals surface area contributed by atoms with Crippen LogP contribution in [0.5, 0.6) is 0 Å². The van der Waals surface area contributed by atoms with Crippen LogP contribution in [0.2, 0.25) is 0 Å². The van der Waals surface area contributed by atoms with Crippen LogP contribution >= 0.6 is 0 Å². The van der Waals surface area contributed by atoms with E-state index in [9.17, 15) is 9.59 Å². The van der Waals surface area contributed by atoms with Gasteiger partial charge in [0.1, 0.15) is 11.5 Å². The van der Waals surface area contributed by atoms with E-state index >= 15 is 0 Å². The first-order valence-electron chi connectivity index (χ1n) is 6.19. The molecule has 0 radical (unpaired) electrons. The lowest BCUT2D eigenvalue weighted by Crippen LogP contribution is -2.35. The number of rotatable bonds is 5. The Labute approximate surface area is 106 Å². The number of nitrogen functional groups attached to an aromatic ring is 1. The number of aromatic amines is 1. The maximum Gasteiger partial charge on any atom is 0.330 e. The van der Waals surface area contributed by atoms with Gasteiger partial charge in [-0.2, -0.15) is 0 Å². The lowest BCUT2D eigenvalue weighted by atomic mass is 9.90. The molecule has 0 amide bonds. The fourth-order valence-electron chi connectivity index (χ4n) is 1.53. The predicted octanol–water partition coefficient (Wildman–Crippen LogP) is 0.987. The predicted molar refractivity (Wildman–Crippen MR) is 74.0 cm³/mol. The molecule has 0 spiro atoms. The summed E-state index contributed by atoms with van der Waals surface area (Å²) in [4.78, 5) is 25.5. The van der Waals surface area contributed by atoms with Crippen molar-refractivity contribution in [2.75, 3.05) is 17.6 Å². The Morgan fingerprint density at radius 3 is 2.44 bits per heavy atom. The van der Waals surface area contributed by atoms with Crippen molar-refractivity contribution in [3.05, 3.63) is 20.8 Å². The van der Waals surface area contributed by atoms with Gasteiger partial charge in [-0.25, -0.2) is 4.79 Å². The van der Waals surface area contributed by atoms with E-state index in [1.807, 2.05) is 0 Å². The third-order valence-corrected chi connectivity index (χ3v) is 3.26. The highest BCUT2D eigenvalue weighted by Crippen LogP contribution is 2.20. The molecule has 0 saturated heterocycles. The van der Waals surface area contributed by atoms with Gasteiger partial charge in [-0.05, 0) is 18.8 Å². The van der Waals surface area contributed by atoms with Crippen molar-refractivity contribution in [2.45, 2.75) is 40.7 Å². The molecule has 0 fully saturated rings. The summed E-state index contributed by atoms with van der Waals surface area (Å²) < 4.78 is 1.34. The first-order chi connectivity index (χ1) is 8.32. The largest absolute Gasteiger partial charge is 0.383 e. The number of aromatic nitrogens is 2. The highest BCUT2D eigenvalue weighted by atomic mass is 16.2. The van der Waals surface area contributed by atoms with Gasteiger partial charge in [0.15, 0.2) is 0 Å². The zero-order chi connectivity index (χ0) is 13.9. The lowest BCUT2D eigenvalue weighted by Gasteiger charge is -2.24. The van der Waals surface area contributed by atoms with E-state index in [-0.39, 0.29) is 16.9 Å². The Morgan fingerprint density at radius 2 is 1.94 bits per heavy atom. The van der Waals surface area contributed by atoms with Gasteiger partial charge in [-0.3, -0.25) is 14.3 Å². The van der Waals surface area contributed by atoms with Gasteiger partial charge >= 0.3 is 5.69 Å². The maximum absolute atomic E-state index is 11.7. The average molecular weight is 254 g/mol. The summed E-state index contributed by atoms with van der Waals surface area (Å²) in [7, 11) is 0. The fraction of sp³-hybridized carbons (Fsp3) is 0.667. The standard InChI is InChI=1S/C12H22N4O2/c1-5-12(3,4)7-14-8-9(13)16(6-2)11(18)15-10(8)17/h14H,5-7,13H2,1-4H3,(H,15,17,18). The molecule has 0 aromatic carbocycles. The van der Waals surface area contributed by atoms with Gasteiger partial charge in [0.2, 0.25) is 0 Å².